The zero-order chi connectivity index (χ0) is 13.1. The molecule has 0 radical (unpaired) electrons. The minimum Gasteiger partial charge on any atom is -0.456 e. The van der Waals surface area contributed by atoms with E-state index in [-0.39, 0.29) is 0 Å². The van der Waals surface area contributed by atoms with Crippen molar-refractivity contribution < 1.29 is 9.53 Å². The number of hydrogen-bond donors (Lipinski definition) is 0. The Kier molecular flexibility index (Phi) is 3.68. The maximum atomic E-state index is 10.7. The molecule has 2 rings (SSSR count). The number of carbonyl (C=O) groups excluding carboxylic acids is 1. The van der Waals surface area contributed by atoms with Gasteiger partial charge in [0.25, 0.3) is 0 Å². The Bertz CT molecular complexity index is 591. The lowest BCUT2D eigenvalue weighted by Crippen LogP contribution is -1.90. The predicted molar refractivity (Wildman–Crippen MR) is 72.8 cm³/mol. The Hall–Kier alpha value is -1.80. The van der Waals surface area contributed by atoms with Crippen LogP contribution in [0, 0.1) is 13.8 Å². The van der Waals surface area contributed by atoms with Gasteiger partial charge in [0.05, 0.1) is 5.02 Å². The summed E-state index contributed by atoms with van der Waals surface area (Å²) in [7, 11) is 0. The summed E-state index contributed by atoms with van der Waals surface area (Å²) in [5, 5.41) is 0.578. The quantitative estimate of drug-likeness (QED) is 0.756. The van der Waals surface area contributed by atoms with Crippen LogP contribution in [0.5, 0.6) is 11.5 Å². The number of benzene rings is 2. The van der Waals surface area contributed by atoms with E-state index in [0.717, 1.165) is 17.4 Å². The number of aldehydes is 1. The van der Waals surface area contributed by atoms with Crippen molar-refractivity contribution in [2.75, 3.05) is 0 Å². The van der Waals surface area contributed by atoms with Crippen LogP contribution in [-0.2, 0) is 0 Å². The molecular formula is C15H13ClO2. The third-order valence-electron chi connectivity index (χ3n) is 2.64. The molecule has 0 aromatic heterocycles. The highest BCUT2D eigenvalue weighted by molar-refractivity contribution is 6.32. The molecule has 0 spiro atoms. The van der Waals surface area contributed by atoms with Crippen molar-refractivity contribution in [3.05, 3.63) is 58.1 Å². The van der Waals surface area contributed by atoms with Crippen molar-refractivity contribution in [3.8, 4) is 11.5 Å². The van der Waals surface area contributed by atoms with Crippen LogP contribution in [0.3, 0.4) is 0 Å². The average Bonchev–Trinajstić information content (AvgIpc) is 2.34. The van der Waals surface area contributed by atoms with E-state index < -0.39 is 0 Å². The van der Waals surface area contributed by atoms with Crippen molar-refractivity contribution in [1.82, 2.24) is 0 Å². The highest BCUT2D eigenvalue weighted by atomic mass is 35.5. The summed E-state index contributed by atoms with van der Waals surface area (Å²) < 4.78 is 5.75. The van der Waals surface area contributed by atoms with Crippen LogP contribution in [0.25, 0.3) is 0 Å². The third kappa shape index (κ3) is 2.71. The molecule has 0 fully saturated rings. The van der Waals surface area contributed by atoms with Crippen LogP contribution in [0.15, 0.2) is 36.4 Å². The molecule has 2 nitrogen and oxygen atoms in total. The Morgan fingerprint density at radius 3 is 2.39 bits per heavy atom. The Balaban J connectivity index is 2.31. The fourth-order valence-electron chi connectivity index (χ4n) is 1.67. The van der Waals surface area contributed by atoms with Gasteiger partial charge in [0.2, 0.25) is 0 Å². The van der Waals surface area contributed by atoms with Crippen molar-refractivity contribution in [1.29, 1.82) is 0 Å². The smallest absolute Gasteiger partial charge is 0.150 e. The van der Waals surface area contributed by atoms with Gasteiger partial charge in [-0.25, -0.2) is 0 Å². The molecule has 0 aliphatic rings. The Morgan fingerprint density at radius 1 is 1.06 bits per heavy atom. The van der Waals surface area contributed by atoms with Crippen LogP contribution >= 0.6 is 11.6 Å². The minimum absolute atomic E-state index is 0.578. The minimum atomic E-state index is 0.578. The lowest BCUT2D eigenvalue weighted by Gasteiger charge is -2.10. The summed E-state index contributed by atoms with van der Waals surface area (Å²) in [6.07, 6.45) is 0.815. The van der Waals surface area contributed by atoms with E-state index in [9.17, 15) is 4.79 Å². The molecule has 0 heterocycles. The first-order valence-corrected chi connectivity index (χ1v) is 5.98. The van der Waals surface area contributed by atoms with Gasteiger partial charge in [-0.2, -0.15) is 0 Å². The van der Waals surface area contributed by atoms with E-state index in [1.807, 2.05) is 32.0 Å². The zero-order valence-corrected chi connectivity index (χ0v) is 11.0. The summed E-state index contributed by atoms with van der Waals surface area (Å²) in [4.78, 5) is 10.7. The van der Waals surface area contributed by atoms with Gasteiger partial charge in [0.15, 0.2) is 0 Å². The Morgan fingerprint density at radius 2 is 1.78 bits per heavy atom. The number of aryl methyl sites for hydroxylation is 2. The van der Waals surface area contributed by atoms with E-state index in [1.165, 1.54) is 0 Å². The van der Waals surface area contributed by atoms with Crippen LogP contribution in [0.2, 0.25) is 5.02 Å². The van der Waals surface area contributed by atoms with Gasteiger partial charge < -0.3 is 4.74 Å². The molecule has 3 heteroatoms. The fourth-order valence-corrected chi connectivity index (χ4v) is 1.94. The zero-order valence-electron chi connectivity index (χ0n) is 10.2. The molecule has 0 aliphatic carbocycles. The van der Waals surface area contributed by atoms with Gasteiger partial charge in [-0.3, -0.25) is 4.79 Å². The molecular weight excluding hydrogens is 248 g/mol. The standard InChI is InChI=1S/C15H13ClO2/c1-10-3-5-15(13(16)7-10)18-14-6-4-12(9-17)8-11(14)2/h3-9H,1-2H3. The number of hydrogen-bond acceptors (Lipinski definition) is 2. The van der Waals surface area contributed by atoms with E-state index in [4.69, 9.17) is 16.3 Å². The van der Waals surface area contributed by atoms with E-state index in [0.29, 0.717) is 22.1 Å². The maximum Gasteiger partial charge on any atom is 0.150 e. The number of rotatable bonds is 3. The van der Waals surface area contributed by atoms with E-state index in [1.54, 1.807) is 18.2 Å². The molecule has 0 atom stereocenters. The second kappa shape index (κ2) is 5.23. The normalized spacial score (nSPS) is 10.2. The SMILES string of the molecule is Cc1ccc(Oc2ccc(C=O)cc2C)c(Cl)c1. The fraction of sp³-hybridized carbons (Fsp3) is 0.133. The number of ether oxygens (including phenoxy) is 1. The molecule has 0 saturated heterocycles. The van der Waals surface area contributed by atoms with Crippen LogP contribution in [0.4, 0.5) is 0 Å². The van der Waals surface area contributed by atoms with Crippen LogP contribution in [-0.4, -0.2) is 6.29 Å². The first-order valence-electron chi connectivity index (χ1n) is 5.60. The highest BCUT2D eigenvalue weighted by Gasteiger charge is 2.06. The van der Waals surface area contributed by atoms with Gasteiger partial charge >= 0.3 is 0 Å². The van der Waals surface area contributed by atoms with Gasteiger partial charge in [-0.05, 0) is 55.3 Å². The van der Waals surface area contributed by atoms with Crippen LogP contribution in [0.1, 0.15) is 21.5 Å². The van der Waals surface area contributed by atoms with E-state index in [2.05, 4.69) is 0 Å². The van der Waals surface area contributed by atoms with Crippen molar-refractivity contribution in [3.63, 3.8) is 0 Å². The van der Waals surface area contributed by atoms with Crippen molar-refractivity contribution >= 4 is 17.9 Å². The van der Waals surface area contributed by atoms with Crippen LogP contribution < -0.4 is 4.74 Å². The molecule has 0 aliphatic heterocycles. The number of halogens is 1. The maximum absolute atomic E-state index is 10.7. The number of carbonyl (C=O) groups is 1. The Labute approximate surface area is 111 Å². The highest BCUT2D eigenvalue weighted by Crippen LogP contribution is 2.31. The van der Waals surface area contributed by atoms with Crippen molar-refractivity contribution in [2.24, 2.45) is 0 Å². The summed E-state index contributed by atoms with van der Waals surface area (Å²) in [6, 6.07) is 10.9. The second-order valence-corrected chi connectivity index (χ2v) is 4.59. The topological polar surface area (TPSA) is 26.3 Å². The molecule has 18 heavy (non-hydrogen) atoms. The van der Waals surface area contributed by atoms with Gasteiger partial charge in [0, 0.05) is 5.56 Å². The predicted octanol–water partition coefficient (Wildman–Crippen LogP) is 4.56. The third-order valence-corrected chi connectivity index (χ3v) is 2.94. The summed E-state index contributed by atoms with van der Waals surface area (Å²) >= 11 is 6.11. The largest absolute Gasteiger partial charge is 0.456 e. The molecule has 92 valence electrons. The molecule has 2 aromatic rings. The summed E-state index contributed by atoms with van der Waals surface area (Å²) in [5.74, 6) is 1.32. The molecule has 0 saturated carbocycles. The average molecular weight is 261 g/mol. The van der Waals surface area contributed by atoms with E-state index >= 15 is 0 Å². The first-order chi connectivity index (χ1) is 8.60. The molecule has 0 bridgehead atoms. The summed E-state index contributed by atoms with van der Waals surface area (Å²) in [5.41, 5.74) is 2.62. The van der Waals surface area contributed by atoms with Gasteiger partial charge in [-0.1, -0.05) is 17.7 Å². The summed E-state index contributed by atoms with van der Waals surface area (Å²) in [6.45, 7) is 3.87. The molecule has 2 aromatic carbocycles. The lowest BCUT2D eigenvalue weighted by atomic mass is 10.1. The monoisotopic (exact) mass is 260 g/mol. The lowest BCUT2D eigenvalue weighted by molar-refractivity contribution is 0.112. The van der Waals surface area contributed by atoms with Crippen molar-refractivity contribution in [2.45, 2.75) is 13.8 Å². The molecule has 0 amide bonds. The van der Waals surface area contributed by atoms with Gasteiger partial charge in [-0.15, -0.1) is 0 Å². The molecule has 0 N–H and O–H groups in total. The first kappa shape index (κ1) is 12.7. The molecule has 0 unspecified atom stereocenters. The second-order valence-electron chi connectivity index (χ2n) is 4.18. The van der Waals surface area contributed by atoms with Gasteiger partial charge in [0.1, 0.15) is 17.8 Å².